The summed E-state index contributed by atoms with van der Waals surface area (Å²) in [6, 6.07) is 3.92. The zero-order valence-electron chi connectivity index (χ0n) is 60.1. The van der Waals surface area contributed by atoms with Gasteiger partial charge < -0.3 is 65.2 Å². The van der Waals surface area contributed by atoms with Crippen molar-refractivity contribution >= 4 is 65.1 Å². The van der Waals surface area contributed by atoms with Gasteiger partial charge in [0.1, 0.15) is 60.7 Å². The second-order valence-corrected chi connectivity index (χ2v) is 27.5. The maximum Gasteiger partial charge on any atom is 0.325 e. The smallest absolute Gasteiger partial charge is 0.325 e. The number of piperidine rings is 1. The number of aliphatic hydroxyl groups excluding tert-OH is 1. The predicted molar refractivity (Wildman–Crippen MR) is 364 cm³/mol. The Labute approximate surface area is 569 Å². The van der Waals surface area contributed by atoms with E-state index in [1.54, 1.807) is 114 Å². The SMILES string of the molecule is CC[C@H](C)[C@@H]1NC(=O)[C@H](CC(C)C)N(C)C(=O)[C@@H](C)N[C@@H](C(=O)N2CCCCC2)NC(=O)[C@H](CC)N(C)C(=O)[C@H](Cc2ccccc2)N(C)C(=O)[C@H](COC(C)(C)C)NC(=O)[C@H](CC(C)C)N(C)C(=O)[C@H](CC)N(C)C(=O)[C@H]([C@@H](C)O)NC(=O)N(CCOc2ccccc2)C1=O. The Balaban J connectivity index is 1.99. The number of nitrogens with one attached hydrogen (secondary N) is 5. The molecule has 2 fully saturated rings. The lowest BCUT2D eigenvalue weighted by Crippen LogP contribution is -2.65. The molecule has 12 amide bonds. The molecule has 2 heterocycles. The highest BCUT2D eigenvalue weighted by Crippen LogP contribution is 2.23. The van der Waals surface area contributed by atoms with Crippen molar-refractivity contribution in [3.63, 3.8) is 0 Å². The minimum absolute atomic E-state index is 0.0211. The van der Waals surface area contributed by atoms with E-state index in [4.69, 9.17) is 9.47 Å². The number of aliphatic hydroxyl groups is 1. The Morgan fingerprint density at radius 2 is 1.06 bits per heavy atom. The molecule has 2 aromatic rings. The topological polar surface area (TPSA) is 309 Å². The number of nitrogens with zero attached hydrogens (tertiary/aromatic N) is 7. The van der Waals surface area contributed by atoms with Gasteiger partial charge in [0.2, 0.25) is 47.3 Å². The summed E-state index contributed by atoms with van der Waals surface area (Å²) in [5.74, 6) is -8.21. The van der Waals surface area contributed by atoms with Gasteiger partial charge in [-0.15, -0.1) is 0 Å². The summed E-state index contributed by atoms with van der Waals surface area (Å²) < 4.78 is 12.2. The number of hydrogen-bond donors (Lipinski definition) is 6. The molecule has 0 radical (unpaired) electrons. The molecule has 0 spiro atoms. The fraction of sp³-hybridized carbons (Fsp3) is 0.671. The van der Waals surface area contributed by atoms with Crippen molar-refractivity contribution in [1.29, 1.82) is 0 Å². The van der Waals surface area contributed by atoms with Crippen molar-refractivity contribution in [3.8, 4) is 5.75 Å². The first-order chi connectivity index (χ1) is 45.1. The highest BCUT2D eigenvalue weighted by atomic mass is 16.5. The van der Waals surface area contributed by atoms with Crippen LogP contribution in [0.3, 0.4) is 0 Å². The number of para-hydroxylation sites is 1. The van der Waals surface area contributed by atoms with Gasteiger partial charge in [0.15, 0.2) is 6.17 Å². The summed E-state index contributed by atoms with van der Waals surface area (Å²) >= 11 is 0. The van der Waals surface area contributed by atoms with Gasteiger partial charge in [-0.25, -0.2) is 4.79 Å². The van der Waals surface area contributed by atoms with E-state index in [0.717, 1.165) is 16.2 Å². The molecule has 0 bridgehead atoms. The van der Waals surface area contributed by atoms with E-state index in [0.29, 0.717) is 43.7 Å². The summed E-state index contributed by atoms with van der Waals surface area (Å²) in [7, 11) is 6.95. The third kappa shape index (κ3) is 22.7. The average molecular weight is 1350 g/mol. The van der Waals surface area contributed by atoms with Gasteiger partial charge in [-0.05, 0) is 115 Å². The van der Waals surface area contributed by atoms with Crippen LogP contribution in [0.2, 0.25) is 0 Å². The van der Waals surface area contributed by atoms with Crippen molar-refractivity contribution in [2.45, 2.75) is 220 Å². The van der Waals surface area contributed by atoms with E-state index in [2.05, 4.69) is 26.6 Å². The molecule has 4 rings (SSSR count). The second kappa shape index (κ2) is 37.7. The third-order valence-corrected chi connectivity index (χ3v) is 17.9. The van der Waals surface area contributed by atoms with Crippen LogP contribution >= 0.6 is 0 Å². The second-order valence-electron chi connectivity index (χ2n) is 27.5. The lowest BCUT2D eigenvalue weighted by atomic mass is 9.95. The van der Waals surface area contributed by atoms with Crippen molar-refractivity contribution < 1.29 is 67.3 Å². The fourth-order valence-electron chi connectivity index (χ4n) is 11.9. The van der Waals surface area contributed by atoms with E-state index in [9.17, 15) is 29.1 Å². The van der Waals surface area contributed by atoms with Gasteiger partial charge in [-0.2, -0.15) is 0 Å². The van der Waals surface area contributed by atoms with E-state index in [-0.39, 0.29) is 50.5 Å². The molecular weight excluding hydrogens is 1230 g/mol. The number of likely N-dealkylation sites (N-methyl/N-ethyl adjacent to an activating group) is 5. The first-order valence-electron chi connectivity index (χ1n) is 34.1. The van der Waals surface area contributed by atoms with E-state index < -0.39 is 156 Å². The first kappa shape index (κ1) is 80.7. The molecule has 2 aromatic carbocycles. The number of amides is 12. The van der Waals surface area contributed by atoms with Gasteiger partial charge >= 0.3 is 6.03 Å². The Kier molecular flexibility index (Phi) is 31.7. The highest BCUT2D eigenvalue weighted by Gasteiger charge is 2.44. The number of hydrogen-bond acceptors (Lipinski definition) is 15. The molecule has 2 saturated heterocycles. The zero-order valence-corrected chi connectivity index (χ0v) is 60.1. The summed E-state index contributed by atoms with van der Waals surface area (Å²) in [5, 5.41) is 25.5. The van der Waals surface area contributed by atoms with Crippen molar-refractivity contribution in [3.05, 3.63) is 66.2 Å². The molecule has 6 N–H and O–H groups in total. The number of carbonyl (C=O) groups is 11. The van der Waals surface area contributed by atoms with Gasteiger partial charge in [-0.3, -0.25) is 58.2 Å². The highest BCUT2D eigenvalue weighted by molar-refractivity contribution is 6.02. The molecule has 0 aromatic heterocycles. The number of likely N-dealkylation sites (tertiary alicyclic amines) is 1. The Morgan fingerprint density at radius 1 is 0.573 bits per heavy atom. The summed E-state index contributed by atoms with van der Waals surface area (Å²) in [5.41, 5.74) is -0.204. The number of rotatable bonds is 18. The monoisotopic (exact) mass is 1340 g/mol. The lowest BCUT2D eigenvalue weighted by Gasteiger charge is -2.38. The van der Waals surface area contributed by atoms with Gasteiger partial charge in [-0.1, -0.05) is 110 Å². The molecule has 2 aliphatic heterocycles. The molecule has 0 aliphatic carbocycles. The molecule has 2 aliphatic rings. The molecule has 0 unspecified atom stereocenters. The number of carbonyl (C=O) groups excluding carboxylic acids is 11. The summed E-state index contributed by atoms with van der Waals surface area (Å²) in [6.45, 7) is 21.8. The number of ether oxygens (including phenoxy) is 2. The minimum atomic E-state index is -1.79. The Hall–Kier alpha value is -7.71. The van der Waals surface area contributed by atoms with Crippen LogP contribution in [0.4, 0.5) is 4.79 Å². The van der Waals surface area contributed by atoms with Crippen LogP contribution in [0.5, 0.6) is 5.75 Å². The minimum Gasteiger partial charge on any atom is -0.492 e. The van der Waals surface area contributed by atoms with Crippen molar-refractivity contribution in [2.24, 2.45) is 17.8 Å². The molecule has 12 atom stereocenters. The van der Waals surface area contributed by atoms with Crippen LogP contribution in [0.25, 0.3) is 0 Å². The molecule has 0 saturated carbocycles. The normalized spacial score (nSPS) is 25.5. The summed E-state index contributed by atoms with van der Waals surface area (Å²) in [4.78, 5) is 174. The van der Waals surface area contributed by atoms with Gasteiger partial charge in [0, 0.05) is 54.7 Å². The largest absolute Gasteiger partial charge is 0.492 e. The molecular formula is C70H112N12O14. The quantitative estimate of drug-likeness (QED) is 0.123. The number of benzene rings is 2. The molecule has 26 nitrogen and oxygen atoms in total. The van der Waals surface area contributed by atoms with E-state index in [1.165, 1.54) is 68.7 Å². The van der Waals surface area contributed by atoms with Crippen LogP contribution in [-0.2, 0) is 59.1 Å². The van der Waals surface area contributed by atoms with E-state index >= 15 is 28.8 Å². The standard InChI is InChI=1S/C70H112N12O14/c1-19-45(8)56-67(92)82(37-38-95-49-33-27-23-28-34-49)69(94)74-57(47(10)83)66(91)77(15)52(21-3)64(89)79(17)53(39-43(4)5)60(85)72-50(42-96-70(11,12)13)63(88)80(18)55(41-48-31-25-22-26-32-48)65(90)76(14)51(20-2)59(84)75-58(68(93)81-35-29-24-30-36-81)71-46(9)62(87)78(16)54(40-44(6)7)61(86)73-56/h22-23,25-28,31-34,43-47,50-58,71,83H,19-21,24,29-30,35-42H2,1-18H3,(H,72,85)(H,73,86)(H,74,94)(H,75,84)/t45-,46+,47+,50-,51-,52-,53-,54-,55-,56-,57-,58+/m0/s1. The van der Waals surface area contributed by atoms with Gasteiger partial charge in [0.05, 0.1) is 30.9 Å². The van der Waals surface area contributed by atoms with Crippen LogP contribution < -0.4 is 31.3 Å². The van der Waals surface area contributed by atoms with Gasteiger partial charge in [0.25, 0.3) is 11.8 Å². The van der Waals surface area contributed by atoms with Crippen molar-refractivity contribution in [1.82, 2.24) is 60.9 Å². The first-order valence-corrected chi connectivity index (χ1v) is 34.1. The number of urea groups is 1. The van der Waals surface area contributed by atoms with E-state index in [1.807, 2.05) is 27.7 Å². The molecule has 96 heavy (non-hydrogen) atoms. The van der Waals surface area contributed by atoms with Crippen LogP contribution in [0.15, 0.2) is 60.7 Å². The lowest BCUT2D eigenvalue weighted by molar-refractivity contribution is -0.152. The molecule has 536 valence electrons. The maximum absolute atomic E-state index is 15.4. The zero-order chi connectivity index (χ0) is 72.1. The fourth-order valence-corrected chi connectivity index (χ4v) is 11.9. The Bertz CT molecular complexity index is 2920. The van der Waals surface area contributed by atoms with Crippen molar-refractivity contribution in [2.75, 3.05) is 68.1 Å². The number of imide groups is 1. The Morgan fingerprint density at radius 3 is 1.58 bits per heavy atom. The maximum atomic E-state index is 15.4. The third-order valence-electron chi connectivity index (χ3n) is 17.9. The summed E-state index contributed by atoms with van der Waals surface area (Å²) in [6.07, 6.45) is -0.560. The van der Waals surface area contributed by atoms with Crippen LogP contribution in [0.1, 0.15) is 147 Å². The predicted octanol–water partition coefficient (Wildman–Crippen LogP) is 3.92. The average Bonchev–Trinajstić information content (AvgIpc) is 0.844. The molecule has 26 heteroatoms. The van der Waals surface area contributed by atoms with Crippen LogP contribution in [0, 0.1) is 17.8 Å². The van der Waals surface area contributed by atoms with Crippen LogP contribution in [-0.4, -0.2) is 245 Å².